The number of carbonyl (C=O) groups is 1. The number of pyridine rings is 1. The molecule has 1 amide bonds. The minimum atomic E-state index is -0.486. The van der Waals surface area contributed by atoms with Gasteiger partial charge in [-0.2, -0.15) is 0 Å². The van der Waals surface area contributed by atoms with Crippen molar-refractivity contribution < 1.29 is 14.5 Å². The van der Waals surface area contributed by atoms with Crippen molar-refractivity contribution in [2.45, 2.75) is 0 Å². The number of nitrogens with one attached hydrogen (secondary N) is 1. The highest BCUT2D eigenvalue weighted by molar-refractivity contribution is 6.30. The van der Waals surface area contributed by atoms with Crippen LogP contribution in [0.15, 0.2) is 54.7 Å². The molecule has 1 heterocycles. The molecule has 1 aromatic heterocycles. The minimum absolute atomic E-state index is 0.0705. The van der Waals surface area contributed by atoms with E-state index >= 15 is 0 Å². The molecular formula is C17H12ClN3O4. The van der Waals surface area contributed by atoms with Crippen LogP contribution in [0, 0.1) is 10.1 Å². The van der Waals surface area contributed by atoms with E-state index in [4.69, 9.17) is 16.3 Å². The topological polar surface area (TPSA) is 94.4 Å². The van der Waals surface area contributed by atoms with Gasteiger partial charge in [-0.3, -0.25) is 19.9 Å². The summed E-state index contributed by atoms with van der Waals surface area (Å²) in [5.74, 6) is -0.0906. The van der Waals surface area contributed by atoms with Crippen LogP contribution in [0.25, 0.3) is 10.9 Å². The summed E-state index contributed by atoms with van der Waals surface area (Å²) in [6.45, 7) is -0.268. The maximum atomic E-state index is 12.0. The van der Waals surface area contributed by atoms with Crippen molar-refractivity contribution in [2.24, 2.45) is 0 Å². The van der Waals surface area contributed by atoms with Gasteiger partial charge in [0.15, 0.2) is 6.61 Å². The van der Waals surface area contributed by atoms with E-state index in [0.29, 0.717) is 27.4 Å². The van der Waals surface area contributed by atoms with Crippen LogP contribution in [0.5, 0.6) is 5.75 Å². The van der Waals surface area contributed by atoms with Crippen LogP contribution in [0.4, 0.5) is 11.4 Å². The third-order valence-corrected chi connectivity index (χ3v) is 3.61. The third kappa shape index (κ3) is 3.84. The van der Waals surface area contributed by atoms with E-state index < -0.39 is 4.92 Å². The zero-order chi connectivity index (χ0) is 17.8. The maximum Gasteiger partial charge on any atom is 0.279 e. The number of ether oxygens (including phenoxy) is 1. The molecule has 2 aromatic carbocycles. The van der Waals surface area contributed by atoms with Gasteiger partial charge >= 0.3 is 0 Å². The second-order valence-corrected chi connectivity index (χ2v) is 5.52. The minimum Gasteiger partial charge on any atom is -0.481 e. The molecular weight excluding hydrogens is 346 g/mol. The average Bonchev–Trinajstić information content (AvgIpc) is 2.59. The van der Waals surface area contributed by atoms with Crippen molar-refractivity contribution in [1.29, 1.82) is 0 Å². The highest BCUT2D eigenvalue weighted by Crippen LogP contribution is 2.31. The van der Waals surface area contributed by atoms with Gasteiger partial charge in [0, 0.05) is 23.0 Å². The SMILES string of the molecule is O=C(COc1ccc([N+](=O)[O-])c2cccnc12)Nc1cccc(Cl)c1. The van der Waals surface area contributed by atoms with Gasteiger partial charge in [0.05, 0.1) is 10.3 Å². The summed E-state index contributed by atoms with van der Waals surface area (Å²) in [4.78, 5) is 26.7. The fourth-order valence-electron chi connectivity index (χ4n) is 2.31. The monoisotopic (exact) mass is 357 g/mol. The smallest absolute Gasteiger partial charge is 0.279 e. The van der Waals surface area contributed by atoms with Crippen LogP contribution in [0.3, 0.4) is 0 Å². The lowest BCUT2D eigenvalue weighted by molar-refractivity contribution is -0.383. The summed E-state index contributed by atoms with van der Waals surface area (Å²) >= 11 is 5.86. The van der Waals surface area contributed by atoms with Gasteiger partial charge in [-0.25, -0.2) is 0 Å². The summed E-state index contributed by atoms with van der Waals surface area (Å²) in [7, 11) is 0. The van der Waals surface area contributed by atoms with Gasteiger partial charge in [0.25, 0.3) is 11.6 Å². The highest BCUT2D eigenvalue weighted by Gasteiger charge is 2.16. The first-order valence-electron chi connectivity index (χ1n) is 7.25. The Hall–Kier alpha value is -3.19. The van der Waals surface area contributed by atoms with Gasteiger partial charge in [0.2, 0.25) is 0 Å². The van der Waals surface area contributed by atoms with Gasteiger partial charge in [-0.05, 0) is 36.4 Å². The Morgan fingerprint density at radius 3 is 2.84 bits per heavy atom. The predicted molar refractivity (Wildman–Crippen MR) is 94.0 cm³/mol. The molecule has 1 N–H and O–H groups in total. The summed E-state index contributed by atoms with van der Waals surface area (Å²) in [6.07, 6.45) is 1.50. The molecule has 126 valence electrons. The fourth-order valence-corrected chi connectivity index (χ4v) is 2.50. The number of anilines is 1. The first kappa shape index (κ1) is 16.7. The molecule has 0 saturated carbocycles. The number of hydrogen-bond acceptors (Lipinski definition) is 5. The third-order valence-electron chi connectivity index (χ3n) is 3.37. The van der Waals surface area contributed by atoms with Crippen LogP contribution in [-0.2, 0) is 4.79 Å². The summed E-state index contributed by atoms with van der Waals surface area (Å²) in [5.41, 5.74) is 0.805. The summed E-state index contributed by atoms with van der Waals surface area (Å²) < 4.78 is 5.49. The number of nitro groups is 1. The molecule has 0 bridgehead atoms. The largest absolute Gasteiger partial charge is 0.481 e. The zero-order valence-corrected chi connectivity index (χ0v) is 13.6. The lowest BCUT2D eigenvalue weighted by Crippen LogP contribution is -2.20. The lowest BCUT2D eigenvalue weighted by atomic mass is 10.1. The molecule has 0 radical (unpaired) electrons. The predicted octanol–water partition coefficient (Wildman–Crippen LogP) is 3.81. The molecule has 8 heteroatoms. The molecule has 3 aromatic rings. The van der Waals surface area contributed by atoms with Crippen molar-refractivity contribution >= 4 is 39.8 Å². The number of nitrogens with zero attached hydrogens (tertiary/aromatic N) is 2. The number of benzene rings is 2. The molecule has 0 atom stereocenters. The number of nitro benzene ring substituents is 1. The van der Waals surface area contributed by atoms with Gasteiger partial charge in [0.1, 0.15) is 11.3 Å². The highest BCUT2D eigenvalue weighted by atomic mass is 35.5. The zero-order valence-electron chi connectivity index (χ0n) is 12.8. The van der Waals surface area contributed by atoms with Crippen molar-refractivity contribution in [3.8, 4) is 5.75 Å². The molecule has 3 rings (SSSR count). The lowest BCUT2D eigenvalue weighted by Gasteiger charge is -2.09. The molecule has 0 spiro atoms. The molecule has 7 nitrogen and oxygen atoms in total. The van der Waals surface area contributed by atoms with Crippen molar-refractivity contribution in [1.82, 2.24) is 4.98 Å². The van der Waals surface area contributed by atoms with Crippen LogP contribution in [0.1, 0.15) is 0 Å². The second-order valence-electron chi connectivity index (χ2n) is 5.09. The molecule has 0 saturated heterocycles. The van der Waals surface area contributed by atoms with Crippen molar-refractivity contribution in [2.75, 3.05) is 11.9 Å². The van der Waals surface area contributed by atoms with Crippen molar-refractivity contribution in [3.63, 3.8) is 0 Å². The maximum absolute atomic E-state index is 12.0. The average molecular weight is 358 g/mol. The standard InChI is InChI=1S/C17H12ClN3O4/c18-11-3-1-4-12(9-11)20-16(22)10-25-15-7-6-14(21(23)24)13-5-2-8-19-17(13)15/h1-9H,10H2,(H,20,22). The van der Waals surface area contributed by atoms with E-state index in [0.717, 1.165) is 0 Å². The molecule has 0 fully saturated rings. The summed E-state index contributed by atoms with van der Waals surface area (Å²) in [5, 5.41) is 14.6. The Kier molecular flexibility index (Phi) is 4.76. The summed E-state index contributed by atoms with van der Waals surface area (Å²) in [6, 6.07) is 12.7. The molecule has 0 aliphatic heterocycles. The first-order chi connectivity index (χ1) is 12.0. The van der Waals surface area contributed by atoms with E-state index in [-0.39, 0.29) is 18.2 Å². The Balaban J connectivity index is 1.76. The van der Waals surface area contributed by atoms with Crippen LogP contribution >= 0.6 is 11.6 Å². The molecule has 0 aliphatic rings. The number of amides is 1. The number of rotatable bonds is 5. The Morgan fingerprint density at radius 1 is 1.24 bits per heavy atom. The van der Waals surface area contributed by atoms with Gasteiger partial charge in [-0.15, -0.1) is 0 Å². The molecule has 0 aliphatic carbocycles. The number of carbonyl (C=O) groups excluding carboxylic acids is 1. The van der Waals surface area contributed by atoms with Gasteiger partial charge < -0.3 is 10.1 Å². The van der Waals surface area contributed by atoms with Crippen LogP contribution in [0.2, 0.25) is 5.02 Å². The number of fused-ring (bicyclic) bond motifs is 1. The molecule has 25 heavy (non-hydrogen) atoms. The molecule has 0 unspecified atom stereocenters. The van der Waals surface area contributed by atoms with Crippen LogP contribution in [-0.4, -0.2) is 22.4 Å². The van der Waals surface area contributed by atoms with E-state index in [9.17, 15) is 14.9 Å². The number of aromatic nitrogens is 1. The second kappa shape index (κ2) is 7.14. The van der Waals surface area contributed by atoms with E-state index in [2.05, 4.69) is 10.3 Å². The quantitative estimate of drug-likeness (QED) is 0.553. The van der Waals surface area contributed by atoms with E-state index in [1.165, 1.54) is 18.3 Å². The number of hydrogen-bond donors (Lipinski definition) is 1. The first-order valence-corrected chi connectivity index (χ1v) is 7.63. The van der Waals surface area contributed by atoms with Crippen LogP contribution < -0.4 is 10.1 Å². The van der Waals surface area contributed by atoms with Gasteiger partial charge in [-0.1, -0.05) is 17.7 Å². The Morgan fingerprint density at radius 2 is 2.08 bits per heavy atom. The number of halogens is 1. The normalized spacial score (nSPS) is 10.4. The Bertz CT molecular complexity index is 962. The fraction of sp³-hybridized carbons (Fsp3) is 0.0588. The van der Waals surface area contributed by atoms with E-state index in [1.54, 1.807) is 36.4 Å². The Labute approximate surface area is 147 Å². The van der Waals surface area contributed by atoms with Crippen molar-refractivity contribution in [3.05, 3.63) is 69.9 Å². The number of non-ortho nitro benzene ring substituents is 1. The van der Waals surface area contributed by atoms with E-state index in [1.807, 2.05) is 0 Å².